The van der Waals surface area contributed by atoms with Crippen LogP contribution >= 0.6 is 0 Å². The first-order valence-corrected chi connectivity index (χ1v) is 2.54. The predicted octanol–water partition coefficient (Wildman–Crippen LogP) is -0.112. The Balaban J connectivity index is 3.29. The Morgan fingerprint density at radius 3 is 2.60 bits per heavy atom. The third kappa shape index (κ3) is 1.02. The summed E-state index contributed by atoms with van der Waals surface area (Å²) in [4.78, 5) is 20.6. The highest BCUT2D eigenvalue weighted by Gasteiger charge is 2.00. The van der Waals surface area contributed by atoms with Crippen molar-refractivity contribution >= 4 is 0 Å². The second-order valence-corrected chi connectivity index (χ2v) is 1.62. The minimum Gasteiger partial charge on any atom is -0.263 e. The Morgan fingerprint density at radius 1 is 1.50 bits per heavy atom. The Hall–Kier alpha value is -1.65. The molecule has 1 rings (SSSR count). The summed E-state index contributed by atoms with van der Waals surface area (Å²) < 4.78 is 0.417. The average Bonchev–Trinajstić information content (AvgIpc) is 1.88. The van der Waals surface area contributed by atoms with Gasteiger partial charge in [-0.15, -0.1) is 0 Å². The van der Waals surface area contributed by atoms with E-state index in [1.807, 2.05) is 0 Å². The van der Waals surface area contributed by atoms with Gasteiger partial charge in [-0.25, -0.2) is 10.1 Å². The third-order valence-corrected chi connectivity index (χ3v) is 0.979. The smallest absolute Gasteiger partial charge is 0.263 e. The van der Waals surface area contributed by atoms with E-state index in [0.717, 1.165) is 12.3 Å². The standard InChI is InChI=1S/C5H4N2O3/c8-5-3-1-2-4-6(5)7(9)10/h1-4H. The minimum absolute atomic E-state index is 0.417. The van der Waals surface area contributed by atoms with Crippen LogP contribution in [0.3, 0.4) is 0 Å². The fourth-order valence-electron chi connectivity index (χ4n) is 0.554. The molecule has 5 heteroatoms. The summed E-state index contributed by atoms with van der Waals surface area (Å²) in [7, 11) is 0. The molecule has 0 radical (unpaired) electrons. The van der Waals surface area contributed by atoms with E-state index < -0.39 is 10.6 Å². The molecule has 0 aliphatic heterocycles. The highest BCUT2D eigenvalue weighted by Crippen LogP contribution is 1.78. The maximum Gasteiger partial charge on any atom is 0.312 e. The average molecular weight is 140 g/mol. The van der Waals surface area contributed by atoms with E-state index in [9.17, 15) is 14.9 Å². The van der Waals surface area contributed by atoms with Crippen LogP contribution in [0.5, 0.6) is 0 Å². The lowest BCUT2D eigenvalue weighted by Gasteiger charge is -1.89. The summed E-state index contributed by atoms with van der Waals surface area (Å²) in [5.74, 6) is 0. The number of hydrogen-bond donors (Lipinski definition) is 0. The molecule has 1 aromatic heterocycles. The van der Waals surface area contributed by atoms with Gasteiger partial charge in [-0.3, -0.25) is 4.79 Å². The third-order valence-electron chi connectivity index (χ3n) is 0.979. The van der Waals surface area contributed by atoms with E-state index in [1.54, 1.807) is 0 Å². The Bertz CT molecular complexity index is 304. The fourth-order valence-corrected chi connectivity index (χ4v) is 0.554. The van der Waals surface area contributed by atoms with Crippen LogP contribution in [-0.4, -0.2) is 9.71 Å². The lowest BCUT2D eigenvalue weighted by atomic mass is 10.5. The molecule has 0 bridgehead atoms. The summed E-state index contributed by atoms with van der Waals surface area (Å²) in [6.45, 7) is 0. The quantitative estimate of drug-likeness (QED) is 0.403. The van der Waals surface area contributed by atoms with E-state index >= 15 is 0 Å². The van der Waals surface area contributed by atoms with Gasteiger partial charge in [-0.05, 0) is 10.7 Å². The van der Waals surface area contributed by atoms with Crippen LogP contribution in [0.2, 0.25) is 0 Å². The molecule has 0 saturated heterocycles. The molecular formula is C5H4N2O3. The summed E-state index contributed by atoms with van der Waals surface area (Å²) in [5.41, 5.74) is -0.632. The van der Waals surface area contributed by atoms with Crippen LogP contribution < -0.4 is 5.56 Å². The second-order valence-electron chi connectivity index (χ2n) is 1.62. The number of aromatic nitrogens is 1. The molecule has 0 atom stereocenters. The zero-order valence-electron chi connectivity index (χ0n) is 4.93. The van der Waals surface area contributed by atoms with Crippen LogP contribution in [0.25, 0.3) is 0 Å². The largest absolute Gasteiger partial charge is 0.312 e. The SMILES string of the molecule is O=c1ccccn1[N+](=O)[O-]. The van der Waals surface area contributed by atoms with Gasteiger partial charge < -0.3 is 0 Å². The van der Waals surface area contributed by atoms with Gasteiger partial charge in [0.15, 0.2) is 5.03 Å². The van der Waals surface area contributed by atoms with E-state index in [2.05, 4.69) is 0 Å². The highest BCUT2D eigenvalue weighted by atomic mass is 16.7. The molecule has 0 saturated carbocycles. The molecule has 0 fully saturated rings. The number of rotatable bonds is 1. The molecule has 1 aromatic rings. The van der Waals surface area contributed by atoms with Crippen LogP contribution in [0.4, 0.5) is 0 Å². The molecule has 0 aliphatic rings. The maximum atomic E-state index is 10.6. The van der Waals surface area contributed by atoms with E-state index in [0.29, 0.717) is 4.68 Å². The van der Waals surface area contributed by atoms with E-state index in [4.69, 9.17) is 0 Å². The van der Waals surface area contributed by atoms with Crippen molar-refractivity contribution in [1.82, 2.24) is 4.68 Å². The first kappa shape index (κ1) is 6.47. The number of nitro groups is 1. The molecule has 0 N–H and O–H groups in total. The molecular weight excluding hydrogens is 136 g/mol. The molecule has 0 amide bonds. The first-order chi connectivity index (χ1) is 4.72. The van der Waals surface area contributed by atoms with Crippen molar-refractivity contribution in [3.05, 3.63) is 44.9 Å². The summed E-state index contributed by atoms with van der Waals surface area (Å²) in [5, 5.41) is 9.21. The summed E-state index contributed by atoms with van der Waals surface area (Å²) in [6, 6.07) is 4.00. The normalized spacial score (nSPS) is 9.20. The van der Waals surface area contributed by atoms with Crippen molar-refractivity contribution in [2.75, 3.05) is 0 Å². The summed E-state index contributed by atoms with van der Waals surface area (Å²) in [6.07, 6.45) is 1.10. The number of pyridine rings is 1. The van der Waals surface area contributed by atoms with E-state index in [1.165, 1.54) is 12.1 Å². The van der Waals surface area contributed by atoms with Gasteiger partial charge in [0.05, 0.1) is 6.20 Å². The van der Waals surface area contributed by atoms with Crippen molar-refractivity contribution < 1.29 is 5.03 Å². The molecule has 1 heterocycles. The second kappa shape index (κ2) is 2.30. The van der Waals surface area contributed by atoms with Crippen LogP contribution in [-0.2, 0) is 0 Å². The lowest BCUT2D eigenvalue weighted by Crippen LogP contribution is -2.23. The van der Waals surface area contributed by atoms with Crippen molar-refractivity contribution in [3.63, 3.8) is 0 Å². The Kier molecular flexibility index (Phi) is 1.49. The van der Waals surface area contributed by atoms with Gasteiger partial charge in [0.25, 0.3) is 0 Å². The minimum atomic E-state index is -0.775. The van der Waals surface area contributed by atoms with Crippen LogP contribution in [0.15, 0.2) is 29.2 Å². The van der Waals surface area contributed by atoms with Crippen LogP contribution in [0, 0.1) is 10.1 Å². The van der Waals surface area contributed by atoms with E-state index in [-0.39, 0.29) is 0 Å². The van der Waals surface area contributed by atoms with Gasteiger partial charge >= 0.3 is 5.56 Å². The first-order valence-electron chi connectivity index (χ1n) is 2.54. The zero-order chi connectivity index (χ0) is 7.56. The molecule has 0 unspecified atom stereocenters. The van der Waals surface area contributed by atoms with Crippen molar-refractivity contribution in [2.24, 2.45) is 0 Å². The summed E-state index contributed by atoms with van der Waals surface area (Å²) >= 11 is 0. The molecule has 52 valence electrons. The predicted molar refractivity (Wildman–Crippen MR) is 33.1 cm³/mol. The topological polar surface area (TPSA) is 65.1 Å². The molecule has 5 nitrogen and oxygen atoms in total. The van der Waals surface area contributed by atoms with Crippen LogP contribution in [0.1, 0.15) is 0 Å². The molecule has 0 spiro atoms. The zero-order valence-corrected chi connectivity index (χ0v) is 4.93. The Labute approximate surface area is 55.6 Å². The Morgan fingerprint density at radius 2 is 2.20 bits per heavy atom. The van der Waals surface area contributed by atoms with Gasteiger partial charge in [0.2, 0.25) is 0 Å². The van der Waals surface area contributed by atoms with Crippen molar-refractivity contribution in [1.29, 1.82) is 0 Å². The monoisotopic (exact) mass is 140 g/mol. The van der Waals surface area contributed by atoms with Gasteiger partial charge in [-0.2, -0.15) is 0 Å². The van der Waals surface area contributed by atoms with Gasteiger partial charge in [0.1, 0.15) is 0 Å². The maximum absolute atomic E-state index is 10.6. The molecule has 0 aromatic carbocycles. The lowest BCUT2D eigenvalue weighted by molar-refractivity contribution is -0.545. The van der Waals surface area contributed by atoms with Crippen molar-refractivity contribution in [2.45, 2.75) is 0 Å². The van der Waals surface area contributed by atoms with Gasteiger partial charge in [-0.1, -0.05) is 6.07 Å². The molecule has 10 heavy (non-hydrogen) atoms. The number of nitrogens with zero attached hydrogens (tertiary/aromatic N) is 2. The van der Waals surface area contributed by atoms with Crippen molar-refractivity contribution in [3.8, 4) is 0 Å². The van der Waals surface area contributed by atoms with Gasteiger partial charge in [0, 0.05) is 6.07 Å². The number of hydrogen-bond acceptors (Lipinski definition) is 3. The highest BCUT2D eigenvalue weighted by molar-refractivity contribution is 4.90. The fraction of sp³-hybridized carbons (Fsp3) is 0. The molecule has 0 aliphatic carbocycles.